The number of nitrogens with one attached hydrogen (secondary N) is 1. The molecule has 116 valence electrons. The zero-order valence-electron chi connectivity index (χ0n) is 12.7. The first-order chi connectivity index (χ1) is 10.3. The van der Waals surface area contributed by atoms with Gasteiger partial charge in [-0.25, -0.2) is 4.98 Å². The second-order valence-corrected chi connectivity index (χ2v) is 6.46. The van der Waals surface area contributed by atoms with Gasteiger partial charge in [-0.3, -0.25) is 0 Å². The van der Waals surface area contributed by atoms with Crippen LogP contribution < -0.4 is 16.1 Å². The van der Waals surface area contributed by atoms with Gasteiger partial charge >= 0.3 is 0 Å². The van der Waals surface area contributed by atoms with E-state index in [-0.39, 0.29) is 16.9 Å². The van der Waals surface area contributed by atoms with Crippen LogP contribution in [0.4, 0.5) is 0 Å². The summed E-state index contributed by atoms with van der Waals surface area (Å²) in [4.78, 5) is 9.87. The quantitative estimate of drug-likeness (QED) is 0.645. The van der Waals surface area contributed by atoms with Crippen LogP contribution in [0.25, 0.3) is 11.1 Å². The molecule has 1 aliphatic heterocycles. The lowest BCUT2D eigenvalue weighted by atomic mass is 9.88. The number of aromatic nitrogens is 1. The predicted molar refractivity (Wildman–Crippen MR) is 82.4 cm³/mol. The highest BCUT2D eigenvalue weighted by Crippen LogP contribution is 2.40. The number of benzene rings is 1. The molecule has 22 heavy (non-hydrogen) atoms. The van der Waals surface area contributed by atoms with E-state index in [2.05, 4.69) is 10.5 Å². The molecule has 0 aliphatic carbocycles. The van der Waals surface area contributed by atoms with Crippen LogP contribution in [0.1, 0.15) is 38.2 Å². The van der Waals surface area contributed by atoms with Gasteiger partial charge in [0, 0.05) is 11.5 Å². The molecule has 0 amide bonds. The fraction of sp³-hybridized carbons (Fsp3) is 0.312. The lowest BCUT2D eigenvalue weighted by Crippen LogP contribution is -2.24. The molecule has 5 N–H and O–H groups in total. The van der Waals surface area contributed by atoms with E-state index in [0.717, 1.165) is 11.3 Å². The molecule has 3 rings (SSSR count). The highest BCUT2D eigenvalue weighted by Gasteiger charge is 2.30. The van der Waals surface area contributed by atoms with Crippen molar-refractivity contribution in [3.05, 3.63) is 35.5 Å². The fourth-order valence-electron chi connectivity index (χ4n) is 2.46. The van der Waals surface area contributed by atoms with Gasteiger partial charge in [-0.1, -0.05) is 20.8 Å². The van der Waals surface area contributed by atoms with Crippen molar-refractivity contribution >= 4 is 0 Å². The number of pyridine rings is 1. The maximum Gasteiger partial charge on any atom is 0.245 e. The number of hydrogen-bond donors (Lipinski definition) is 4. The second-order valence-electron chi connectivity index (χ2n) is 6.46. The van der Waals surface area contributed by atoms with E-state index in [1.54, 1.807) is 12.1 Å². The largest absolute Gasteiger partial charge is 0.508 e. The Bertz CT molecular complexity index is 718. The monoisotopic (exact) mass is 301 g/mol. The summed E-state index contributed by atoms with van der Waals surface area (Å²) in [7, 11) is 0. The summed E-state index contributed by atoms with van der Waals surface area (Å²) in [5.74, 6) is 0.398. The summed E-state index contributed by atoms with van der Waals surface area (Å²) in [5, 5.41) is 19.5. The molecule has 0 radical (unpaired) electrons. The Labute approximate surface area is 128 Å². The third-order valence-electron chi connectivity index (χ3n) is 3.60. The smallest absolute Gasteiger partial charge is 0.245 e. The number of phenolic OH excluding ortho intramolecular Hbond substituents is 2. The van der Waals surface area contributed by atoms with E-state index in [9.17, 15) is 10.2 Å². The molecule has 1 unspecified atom stereocenters. The van der Waals surface area contributed by atoms with Crippen molar-refractivity contribution in [2.75, 3.05) is 0 Å². The van der Waals surface area contributed by atoms with E-state index in [0.29, 0.717) is 17.0 Å². The van der Waals surface area contributed by atoms with Crippen molar-refractivity contribution in [1.29, 1.82) is 0 Å². The van der Waals surface area contributed by atoms with E-state index in [4.69, 9.17) is 10.6 Å². The van der Waals surface area contributed by atoms with Gasteiger partial charge < -0.3 is 20.8 Å². The van der Waals surface area contributed by atoms with Gasteiger partial charge in [0.1, 0.15) is 17.7 Å². The van der Waals surface area contributed by atoms with Gasteiger partial charge in [-0.2, -0.15) is 0 Å². The third-order valence-corrected chi connectivity index (χ3v) is 3.60. The van der Waals surface area contributed by atoms with Crippen LogP contribution >= 0.6 is 0 Å². The van der Waals surface area contributed by atoms with E-state index in [1.165, 1.54) is 6.07 Å². The number of hydrogen-bond acceptors (Lipinski definition) is 6. The molecular weight excluding hydrogens is 282 g/mol. The van der Waals surface area contributed by atoms with Crippen LogP contribution in [0.5, 0.6) is 17.4 Å². The van der Waals surface area contributed by atoms with Crippen molar-refractivity contribution in [2.24, 2.45) is 5.73 Å². The maximum atomic E-state index is 9.75. The van der Waals surface area contributed by atoms with E-state index >= 15 is 0 Å². The molecule has 2 heterocycles. The van der Waals surface area contributed by atoms with Gasteiger partial charge in [-0.15, -0.1) is 5.48 Å². The van der Waals surface area contributed by atoms with E-state index < -0.39 is 6.17 Å². The molecule has 6 nitrogen and oxygen atoms in total. The molecule has 2 aromatic rings. The molecule has 1 aliphatic rings. The SMILES string of the molecule is CC(C)(C)c1cc(-c2cc(O)cc(O)c2)c2c(n1)ONC2N. The number of nitrogens with zero attached hydrogens (tertiary/aromatic N) is 1. The molecule has 0 fully saturated rings. The Balaban J connectivity index is 2.27. The van der Waals surface area contributed by atoms with Crippen molar-refractivity contribution in [3.63, 3.8) is 0 Å². The molecule has 0 spiro atoms. The summed E-state index contributed by atoms with van der Waals surface area (Å²) in [6.07, 6.45) is -0.518. The molecule has 1 aromatic carbocycles. The molecule has 1 aromatic heterocycles. The minimum Gasteiger partial charge on any atom is -0.508 e. The van der Waals surface area contributed by atoms with Gasteiger partial charge in [0.25, 0.3) is 0 Å². The van der Waals surface area contributed by atoms with Gasteiger partial charge in [0.05, 0.1) is 11.3 Å². The molecule has 1 atom stereocenters. The number of phenols is 2. The number of hydroxylamine groups is 1. The zero-order valence-corrected chi connectivity index (χ0v) is 12.7. The highest BCUT2D eigenvalue weighted by molar-refractivity contribution is 5.73. The van der Waals surface area contributed by atoms with Crippen molar-refractivity contribution in [3.8, 4) is 28.5 Å². The Morgan fingerprint density at radius 2 is 1.77 bits per heavy atom. The van der Waals surface area contributed by atoms with Crippen LogP contribution in [0.2, 0.25) is 0 Å². The number of rotatable bonds is 1. The normalized spacial score (nSPS) is 17.2. The van der Waals surface area contributed by atoms with Crippen LogP contribution in [0.3, 0.4) is 0 Å². The fourth-order valence-corrected chi connectivity index (χ4v) is 2.46. The average molecular weight is 301 g/mol. The molecule has 0 saturated heterocycles. The summed E-state index contributed by atoms with van der Waals surface area (Å²) in [6, 6.07) is 6.35. The van der Waals surface area contributed by atoms with Gasteiger partial charge in [0.2, 0.25) is 5.88 Å². The standard InChI is InChI=1S/C16H19N3O3/c1-16(2,3)12-7-11(8-4-9(20)6-10(21)5-8)13-14(17)19-22-15(13)18-12/h4-7,14,19-21H,17H2,1-3H3. The zero-order chi connectivity index (χ0) is 16.1. The summed E-state index contributed by atoms with van der Waals surface area (Å²) in [5.41, 5.74) is 11.5. The number of fused-ring (bicyclic) bond motifs is 1. The highest BCUT2D eigenvalue weighted by atomic mass is 16.7. The van der Waals surface area contributed by atoms with Crippen molar-refractivity contribution in [1.82, 2.24) is 10.5 Å². The minimum absolute atomic E-state index is 0.0154. The Kier molecular flexibility index (Phi) is 3.23. The van der Waals surface area contributed by atoms with Crippen LogP contribution in [-0.4, -0.2) is 15.2 Å². The van der Waals surface area contributed by atoms with Crippen LogP contribution in [0.15, 0.2) is 24.3 Å². The Morgan fingerprint density at radius 3 is 2.36 bits per heavy atom. The topological polar surface area (TPSA) is 101 Å². The predicted octanol–water partition coefficient (Wildman–Crippen LogP) is 2.31. The average Bonchev–Trinajstić information content (AvgIpc) is 2.77. The van der Waals surface area contributed by atoms with Crippen LogP contribution in [0, 0.1) is 0 Å². The van der Waals surface area contributed by atoms with Crippen molar-refractivity contribution < 1.29 is 15.1 Å². The Hall–Kier alpha value is -2.31. The first-order valence-corrected chi connectivity index (χ1v) is 7.02. The molecule has 6 heteroatoms. The summed E-state index contributed by atoms with van der Waals surface area (Å²) in [6.45, 7) is 6.15. The maximum absolute atomic E-state index is 9.75. The van der Waals surface area contributed by atoms with Crippen molar-refractivity contribution in [2.45, 2.75) is 32.4 Å². The summed E-state index contributed by atoms with van der Waals surface area (Å²) < 4.78 is 0. The molecule has 0 bridgehead atoms. The number of aromatic hydroxyl groups is 2. The molecule has 0 saturated carbocycles. The summed E-state index contributed by atoms with van der Waals surface area (Å²) >= 11 is 0. The van der Waals surface area contributed by atoms with Crippen LogP contribution in [-0.2, 0) is 5.41 Å². The van der Waals surface area contributed by atoms with Gasteiger partial charge in [0.15, 0.2) is 0 Å². The van der Waals surface area contributed by atoms with E-state index in [1.807, 2.05) is 26.8 Å². The number of nitrogens with two attached hydrogens (primary N) is 1. The Morgan fingerprint density at radius 1 is 1.14 bits per heavy atom. The minimum atomic E-state index is -0.518. The first kappa shape index (κ1) is 14.6. The second kappa shape index (κ2) is 4.86. The van der Waals surface area contributed by atoms with Gasteiger partial charge in [-0.05, 0) is 29.3 Å². The molecular formula is C16H19N3O3. The first-order valence-electron chi connectivity index (χ1n) is 7.02. The lowest BCUT2D eigenvalue weighted by molar-refractivity contribution is 0.188. The lowest BCUT2D eigenvalue weighted by Gasteiger charge is -2.20. The third kappa shape index (κ3) is 2.47.